The SMILES string of the molecule is C=C(N)/C=C\C(Cl)=NC. The van der Waals surface area contributed by atoms with Gasteiger partial charge < -0.3 is 5.73 Å². The topological polar surface area (TPSA) is 38.4 Å². The molecule has 2 nitrogen and oxygen atoms in total. The van der Waals surface area contributed by atoms with Crippen LogP contribution in [-0.2, 0) is 0 Å². The Balaban J connectivity index is 3.86. The molecule has 0 fully saturated rings. The van der Waals surface area contributed by atoms with Gasteiger partial charge in [0.05, 0.1) is 0 Å². The zero-order valence-electron chi connectivity index (χ0n) is 5.26. The fourth-order valence-electron chi connectivity index (χ4n) is 0.250. The molecule has 0 unspecified atom stereocenters. The van der Waals surface area contributed by atoms with Crippen molar-refractivity contribution in [3.63, 3.8) is 0 Å². The molecule has 0 saturated heterocycles. The van der Waals surface area contributed by atoms with E-state index in [0.717, 1.165) is 0 Å². The van der Waals surface area contributed by atoms with E-state index in [1.54, 1.807) is 19.2 Å². The maximum absolute atomic E-state index is 5.48. The van der Waals surface area contributed by atoms with Crippen molar-refractivity contribution < 1.29 is 0 Å². The largest absolute Gasteiger partial charge is 0.399 e. The molecule has 0 aromatic carbocycles. The van der Waals surface area contributed by atoms with Crippen molar-refractivity contribution in [1.82, 2.24) is 0 Å². The van der Waals surface area contributed by atoms with Crippen molar-refractivity contribution >= 4 is 16.8 Å². The molecule has 0 aliphatic heterocycles. The molecule has 0 atom stereocenters. The van der Waals surface area contributed by atoms with Crippen LogP contribution in [-0.4, -0.2) is 12.2 Å². The predicted molar refractivity (Wildman–Crippen MR) is 41.7 cm³/mol. The van der Waals surface area contributed by atoms with Crippen molar-refractivity contribution in [2.24, 2.45) is 10.7 Å². The molecule has 0 radical (unpaired) electrons. The molecule has 0 rings (SSSR count). The van der Waals surface area contributed by atoms with Gasteiger partial charge in [0, 0.05) is 12.7 Å². The van der Waals surface area contributed by atoms with Gasteiger partial charge >= 0.3 is 0 Å². The number of nitrogens with two attached hydrogens (primary N) is 1. The van der Waals surface area contributed by atoms with Crippen molar-refractivity contribution in [2.75, 3.05) is 7.05 Å². The van der Waals surface area contributed by atoms with Crippen molar-refractivity contribution in [3.05, 3.63) is 24.4 Å². The van der Waals surface area contributed by atoms with Gasteiger partial charge in [0.25, 0.3) is 0 Å². The molecule has 0 aromatic heterocycles. The second kappa shape index (κ2) is 4.15. The van der Waals surface area contributed by atoms with E-state index in [0.29, 0.717) is 10.9 Å². The summed E-state index contributed by atoms with van der Waals surface area (Å²) in [6.45, 7) is 3.44. The summed E-state index contributed by atoms with van der Waals surface area (Å²) in [6, 6.07) is 0. The number of hydrogen-bond donors (Lipinski definition) is 1. The lowest BCUT2D eigenvalue weighted by atomic mass is 10.4. The normalized spacial score (nSPS) is 12.4. The predicted octanol–water partition coefficient (Wildman–Crippen LogP) is 1.28. The van der Waals surface area contributed by atoms with Crippen LogP contribution in [0.15, 0.2) is 29.4 Å². The summed E-state index contributed by atoms with van der Waals surface area (Å²) < 4.78 is 0. The van der Waals surface area contributed by atoms with Crippen LogP contribution in [0.3, 0.4) is 0 Å². The molecule has 0 aliphatic carbocycles. The summed E-state index contributed by atoms with van der Waals surface area (Å²) in [5, 5.41) is 0.418. The summed E-state index contributed by atoms with van der Waals surface area (Å²) in [5.74, 6) is 0. The zero-order valence-corrected chi connectivity index (χ0v) is 6.02. The van der Waals surface area contributed by atoms with Gasteiger partial charge in [-0.15, -0.1) is 0 Å². The Morgan fingerprint density at radius 3 is 2.56 bits per heavy atom. The van der Waals surface area contributed by atoms with Crippen LogP contribution in [0.1, 0.15) is 0 Å². The molecule has 50 valence electrons. The van der Waals surface area contributed by atoms with E-state index < -0.39 is 0 Å². The van der Waals surface area contributed by atoms with E-state index in [1.807, 2.05) is 0 Å². The highest BCUT2D eigenvalue weighted by Gasteiger charge is 1.80. The minimum atomic E-state index is 0.418. The molecule has 9 heavy (non-hydrogen) atoms. The Bertz CT molecular complexity index is 158. The summed E-state index contributed by atoms with van der Waals surface area (Å²) in [5.41, 5.74) is 5.67. The van der Waals surface area contributed by atoms with Crippen molar-refractivity contribution in [3.8, 4) is 0 Å². The fourth-order valence-corrected chi connectivity index (χ4v) is 0.313. The first-order valence-electron chi connectivity index (χ1n) is 2.41. The summed E-state index contributed by atoms with van der Waals surface area (Å²) in [4.78, 5) is 3.66. The summed E-state index contributed by atoms with van der Waals surface area (Å²) in [7, 11) is 1.60. The first-order valence-corrected chi connectivity index (χ1v) is 2.79. The van der Waals surface area contributed by atoms with Gasteiger partial charge in [-0.25, -0.2) is 0 Å². The highest BCUT2D eigenvalue weighted by molar-refractivity contribution is 6.68. The van der Waals surface area contributed by atoms with Crippen LogP contribution in [0.5, 0.6) is 0 Å². The van der Waals surface area contributed by atoms with Gasteiger partial charge in [-0.1, -0.05) is 18.2 Å². The second-order valence-corrected chi connectivity index (χ2v) is 1.84. The van der Waals surface area contributed by atoms with Crippen LogP contribution < -0.4 is 5.73 Å². The first kappa shape index (κ1) is 8.24. The van der Waals surface area contributed by atoms with Crippen LogP contribution in [0, 0.1) is 0 Å². The van der Waals surface area contributed by atoms with E-state index in [-0.39, 0.29) is 0 Å². The van der Waals surface area contributed by atoms with Gasteiger partial charge in [-0.05, 0) is 12.2 Å². The molecular formula is C6H9ClN2. The van der Waals surface area contributed by atoms with Gasteiger partial charge in [0.15, 0.2) is 0 Å². The minimum absolute atomic E-state index is 0.418. The van der Waals surface area contributed by atoms with Crippen LogP contribution in [0.4, 0.5) is 0 Å². The third kappa shape index (κ3) is 5.11. The second-order valence-electron chi connectivity index (χ2n) is 1.45. The lowest BCUT2D eigenvalue weighted by Gasteiger charge is -1.84. The number of allylic oxidation sites excluding steroid dienone is 2. The van der Waals surface area contributed by atoms with Gasteiger partial charge in [-0.3, -0.25) is 4.99 Å². The van der Waals surface area contributed by atoms with Crippen molar-refractivity contribution in [2.45, 2.75) is 0 Å². The lowest BCUT2D eigenvalue weighted by Crippen LogP contribution is -1.89. The molecular weight excluding hydrogens is 136 g/mol. The molecule has 2 N–H and O–H groups in total. The number of hydrogen-bond acceptors (Lipinski definition) is 2. The fraction of sp³-hybridized carbons (Fsp3) is 0.167. The number of nitrogens with zero attached hydrogens (tertiary/aromatic N) is 1. The number of rotatable bonds is 2. The third-order valence-corrected chi connectivity index (χ3v) is 0.944. The lowest BCUT2D eigenvalue weighted by molar-refractivity contribution is 1.44. The van der Waals surface area contributed by atoms with Gasteiger partial charge in [0.1, 0.15) is 5.17 Å². The molecule has 0 saturated carbocycles. The van der Waals surface area contributed by atoms with Gasteiger partial charge in [-0.2, -0.15) is 0 Å². The molecule has 3 heteroatoms. The standard InChI is InChI=1S/C6H9ClN2/c1-5(8)3-4-6(7)9-2/h3-4H,1,8H2,2H3/b4-3-,9-6?. The minimum Gasteiger partial charge on any atom is -0.399 e. The Kier molecular flexibility index (Phi) is 3.80. The Labute approximate surface area is 59.7 Å². The summed E-state index contributed by atoms with van der Waals surface area (Å²) in [6.07, 6.45) is 3.18. The van der Waals surface area contributed by atoms with Gasteiger partial charge in [0.2, 0.25) is 0 Å². The van der Waals surface area contributed by atoms with E-state index in [4.69, 9.17) is 17.3 Å². The van der Waals surface area contributed by atoms with Crippen LogP contribution in [0.25, 0.3) is 0 Å². The molecule has 0 bridgehead atoms. The van der Waals surface area contributed by atoms with E-state index >= 15 is 0 Å². The molecule has 0 amide bonds. The van der Waals surface area contributed by atoms with Crippen LogP contribution in [0.2, 0.25) is 0 Å². The molecule has 0 aromatic rings. The van der Waals surface area contributed by atoms with E-state index in [9.17, 15) is 0 Å². The molecule has 0 spiro atoms. The smallest absolute Gasteiger partial charge is 0.123 e. The van der Waals surface area contributed by atoms with E-state index in [1.165, 1.54) is 0 Å². The van der Waals surface area contributed by atoms with E-state index in [2.05, 4.69) is 11.6 Å². The Morgan fingerprint density at radius 2 is 2.22 bits per heavy atom. The summed E-state index contributed by atoms with van der Waals surface area (Å²) >= 11 is 5.48. The van der Waals surface area contributed by atoms with Crippen LogP contribution >= 0.6 is 11.6 Å². The molecule has 0 heterocycles. The maximum atomic E-state index is 5.48. The monoisotopic (exact) mass is 144 g/mol. The average molecular weight is 145 g/mol. The Morgan fingerprint density at radius 1 is 1.67 bits per heavy atom. The molecule has 0 aliphatic rings. The third-order valence-electron chi connectivity index (χ3n) is 0.649. The number of halogens is 1. The Hall–Kier alpha value is -0.760. The number of aliphatic imine (C=N–C) groups is 1. The highest BCUT2D eigenvalue weighted by Crippen LogP contribution is 1.88. The average Bonchev–Trinajstić information content (AvgIpc) is 1.83. The highest BCUT2D eigenvalue weighted by atomic mass is 35.5. The first-order chi connectivity index (χ1) is 4.16. The quantitative estimate of drug-likeness (QED) is 0.460. The maximum Gasteiger partial charge on any atom is 0.123 e. The zero-order chi connectivity index (χ0) is 7.28. The van der Waals surface area contributed by atoms with Crippen molar-refractivity contribution in [1.29, 1.82) is 0 Å².